The van der Waals surface area contributed by atoms with Gasteiger partial charge in [0.2, 0.25) is 11.8 Å². The number of nitrogens with zero attached hydrogens (tertiary/aromatic N) is 1. The van der Waals surface area contributed by atoms with Crippen molar-refractivity contribution in [2.45, 2.75) is 45.8 Å². The highest BCUT2D eigenvalue weighted by molar-refractivity contribution is 5.88. The summed E-state index contributed by atoms with van der Waals surface area (Å²) in [4.78, 5) is 36.1. The first-order valence-corrected chi connectivity index (χ1v) is 8.10. The van der Waals surface area contributed by atoms with E-state index in [-0.39, 0.29) is 29.8 Å². The summed E-state index contributed by atoms with van der Waals surface area (Å²) >= 11 is 0. The highest BCUT2D eigenvalue weighted by atomic mass is 16.2. The van der Waals surface area contributed by atoms with E-state index in [0.29, 0.717) is 10.9 Å². The quantitative estimate of drug-likeness (QED) is 0.841. The van der Waals surface area contributed by atoms with Crippen LogP contribution in [0, 0.1) is 0 Å². The van der Waals surface area contributed by atoms with Gasteiger partial charge in [0, 0.05) is 23.7 Å². The predicted molar refractivity (Wildman–Crippen MR) is 93.7 cm³/mol. The lowest BCUT2D eigenvalue weighted by Crippen LogP contribution is -2.48. The van der Waals surface area contributed by atoms with Crippen LogP contribution in [0.5, 0.6) is 0 Å². The van der Waals surface area contributed by atoms with Crippen LogP contribution in [-0.4, -0.2) is 28.5 Å². The first kappa shape index (κ1) is 17.7. The molecule has 1 aromatic carbocycles. The lowest BCUT2D eigenvalue weighted by atomic mass is 10.2. The van der Waals surface area contributed by atoms with E-state index in [2.05, 4.69) is 10.6 Å². The Kier molecular flexibility index (Phi) is 5.73. The van der Waals surface area contributed by atoms with Crippen molar-refractivity contribution < 1.29 is 9.59 Å². The Hall–Kier alpha value is -2.63. The number of para-hydroxylation sites is 1. The number of benzene rings is 1. The highest BCUT2D eigenvalue weighted by Crippen LogP contribution is 2.09. The Morgan fingerprint density at radius 2 is 1.83 bits per heavy atom. The fourth-order valence-electron chi connectivity index (χ4n) is 2.38. The van der Waals surface area contributed by atoms with Crippen LogP contribution >= 0.6 is 0 Å². The van der Waals surface area contributed by atoms with E-state index in [1.165, 1.54) is 6.07 Å². The second-order valence-electron chi connectivity index (χ2n) is 5.93. The molecule has 6 heteroatoms. The molecule has 6 nitrogen and oxygen atoms in total. The van der Waals surface area contributed by atoms with Gasteiger partial charge in [-0.2, -0.15) is 0 Å². The van der Waals surface area contributed by atoms with Gasteiger partial charge in [-0.05, 0) is 32.4 Å². The van der Waals surface area contributed by atoms with E-state index in [4.69, 9.17) is 0 Å². The second-order valence-corrected chi connectivity index (χ2v) is 5.93. The third kappa shape index (κ3) is 4.22. The molecule has 0 spiro atoms. The Bertz CT molecular complexity index is 797. The lowest BCUT2D eigenvalue weighted by molar-refractivity contribution is -0.129. The number of carbonyl (C=O) groups excluding carboxylic acids is 2. The second kappa shape index (κ2) is 7.77. The average Bonchev–Trinajstić information content (AvgIpc) is 2.57. The molecule has 2 amide bonds. The van der Waals surface area contributed by atoms with Crippen molar-refractivity contribution in [2.24, 2.45) is 0 Å². The first-order valence-electron chi connectivity index (χ1n) is 8.10. The van der Waals surface area contributed by atoms with Crippen molar-refractivity contribution in [1.29, 1.82) is 0 Å². The summed E-state index contributed by atoms with van der Waals surface area (Å²) in [5.41, 5.74) is 0.611. The Balaban J connectivity index is 2.07. The summed E-state index contributed by atoms with van der Waals surface area (Å²) in [5, 5.41) is 6.09. The van der Waals surface area contributed by atoms with Crippen molar-refractivity contribution in [3.63, 3.8) is 0 Å². The number of hydrogen-bond acceptors (Lipinski definition) is 3. The smallest absolute Gasteiger partial charge is 0.242 e. The Morgan fingerprint density at radius 1 is 1.12 bits per heavy atom. The summed E-state index contributed by atoms with van der Waals surface area (Å²) in [6.45, 7) is 5.59. The van der Waals surface area contributed by atoms with Crippen LogP contribution < -0.4 is 16.1 Å². The maximum atomic E-state index is 12.2. The minimum absolute atomic E-state index is 0.0434. The zero-order valence-corrected chi connectivity index (χ0v) is 14.2. The largest absolute Gasteiger partial charge is 0.352 e. The van der Waals surface area contributed by atoms with E-state index in [9.17, 15) is 14.4 Å². The van der Waals surface area contributed by atoms with Gasteiger partial charge in [-0.15, -0.1) is 0 Å². The van der Waals surface area contributed by atoms with Gasteiger partial charge >= 0.3 is 0 Å². The van der Waals surface area contributed by atoms with Crippen LogP contribution in [0.25, 0.3) is 10.9 Å². The molecule has 0 aliphatic heterocycles. The van der Waals surface area contributed by atoms with Gasteiger partial charge < -0.3 is 15.2 Å². The molecule has 1 aromatic heterocycles. The Labute approximate surface area is 140 Å². The maximum Gasteiger partial charge on any atom is 0.242 e. The minimum Gasteiger partial charge on any atom is -0.352 e. The molecule has 2 N–H and O–H groups in total. The molecule has 2 aromatic rings. The SMILES string of the molecule is CC[C@@H](C)NC(=O)[C@H](C)NC(=O)Cn1ccc(=O)c2ccccc21. The Morgan fingerprint density at radius 3 is 2.54 bits per heavy atom. The highest BCUT2D eigenvalue weighted by Gasteiger charge is 2.17. The average molecular weight is 329 g/mol. The standard InChI is InChI=1S/C18H23N3O3/c1-4-12(2)19-18(24)13(3)20-17(23)11-21-10-9-16(22)14-7-5-6-8-15(14)21/h5-10,12-13H,4,11H2,1-3H3,(H,19,24)(H,20,23)/t12-,13+/m1/s1. The summed E-state index contributed by atoms with van der Waals surface area (Å²) in [6, 6.07) is 8.02. The number of aromatic nitrogens is 1. The van der Waals surface area contributed by atoms with E-state index in [1.54, 1.807) is 35.9 Å². The third-order valence-electron chi connectivity index (χ3n) is 3.97. The number of pyridine rings is 1. The van der Waals surface area contributed by atoms with Crippen molar-refractivity contribution in [3.8, 4) is 0 Å². The monoisotopic (exact) mass is 329 g/mol. The molecule has 0 aliphatic rings. The van der Waals surface area contributed by atoms with Crippen molar-refractivity contribution in [3.05, 3.63) is 46.8 Å². The van der Waals surface area contributed by atoms with Crippen molar-refractivity contribution in [1.82, 2.24) is 15.2 Å². The van der Waals surface area contributed by atoms with Crippen LogP contribution in [0.4, 0.5) is 0 Å². The number of nitrogens with one attached hydrogen (secondary N) is 2. The number of hydrogen-bond donors (Lipinski definition) is 2. The molecule has 0 bridgehead atoms. The first-order chi connectivity index (χ1) is 11.4. The fraction of sp³-hybridized carbons (Fsp3) is 0.389. The van der Waals surface area contributed by atoms with Crippen LogP contribution in [0.3, 0.4) is 0 Å². The summed E-state index contributed by atoms with van der Waals surface area (Å²) in [5.74, 6) is -0.488. The molecule has 0 saturated heterocycles. The van der Waals surface area contributed by atoms with Crippen molar-refractivity contribution >= 4 is 22.7 Å². The molecule has 1 heterocycles. The van der Waals surface area contributed by atoms with Gasteiger partial charge in [-0.1, -0.05) is 19.1 Å². The minimum atomic E-state index is -0.614. The molecule has 0 radical (unpaired) electrons. The zero-order valence-electron chi connectivity index (χ0n) is 14.2. The fourth-order valence-corrected chi connectivity index (χ4v) is 2.38. The summed E-state index contributed by atoms with van der Waals surface area (Å²) < 4.78 is 1.70. The number of amides is 2. The van der Waals surface area contributed by atoms with Crippen LogP contribution in [0.15, 0.2) is 41.3 Å². The van der Waals surface area contributed by atoms with E-state index in [0.717, 1.165) is 6.42 Å². The number of fused-ring (bicyclic) bond motifs is 1. The van der Waals surface area contributed by atoms with Gasteiger partial charge in [0.05, 0.1) is 5.52 Å². The van der Waals surface area contributed by atoms with E-state index in [1.807, 2.05) is 19.9 Å². The molecule has 0 fully saturated rings. The molecule has 2 rings (SSSR count). The molecule has 0 aliphatic carbocycles. The molecular formula is C18H23N3O3. The summed E-state index contributed by atoms with van der Waals surface area (Å²) in [7, 11) is 0. The molecule has 24 heavy (non-hydrogen) atoms. The van der Waals surface area contributed by atoms with Gasteiger partial charge in [0.15, 0.2) is 5.43 Å². The maximum absolute atomic E-state index is 12.2. The molecule has 128 valence electrons. The third-order valence-corrected chi connectivity index (χ3v) is 3.97. The molecule has 0 saturated carbocycles. The molecular weight excluding hydrogens is 306 g/mol. The van der Waals surface area contributed by atoms with Crippen LogP contribution in [-0.2, 0) is 16.1 Å². The molecule has 2 atom stereocenters. The topological polar surface area (TPSA) is 80.2 Å². The van der Waals surface area contributed by atoms with Crippen molar-refractivity contribution in [2.75, 3.05) is 0 Å². The zero-order chi connectivity index (χ0) is 17.7. The van der Waals surface area contributed by atoms with E-state index < -0.39 is 6.04 Å². The normalized spacial score (nSPS) is 13.3. The van der Waals surface area contributed by atoms with Crippen LogP contribution in [0.1, 0.15) is 27.2 Å². The number of carbonyl (C=O) groups is 2. The lowest BCUT2D eigenvalue weighted by Gasteiger charge is -2.18. The number of rotatable bonds is 6. The van der Waals surface area contributed by atoms with E-state index >= 15 is 0 Å². The van der Waals surface area contributed by atoms with Gasteiger partial charge in [-0.25, -0.2) is 0 Å². The predicted octanol–water partition coefficient (Wildman–Crippen LogP) is 1.42. The van der Waals surface area contributed by atoms with Gasteiger partial charge in [-0.3, -0.25) is 14.4 Å². The molecule has 0 unspecified atom stereocenters. The van der Waals surface area contributed by atoms with Gasteiger partial charge in [0.1, 0.15) is 12.6 Å². The van der Waals surface area contributed by atoms with Gasteiger partial charge in [0.25, 0.3) is 0 Å². The summed E-state index contributed by atoms with van der Waals surface area (Å²) in [6.07, 6.45) is 2.42. The van der Waals surface area contributed by atoms with Crippen LogP contribution in [0.2, 0.25) is 0 Å².